The molecule has 1 aliphatic heterocycles. The van der Waals surface area contributed by atoms with E-state index in [4.69, 9.17) is 14.2 Å². The molecule has 0 bridgehead atoms. The van der Waals surface area contributed by atoms with Gasteiger partial charge in [-0.2, -0.15) is 13.5 Å². The number of ether oxygens (including phenoxy) is 3. The van der Waals surface area contributed by atoms with Gasteiger partial charge in [0.25, 0.3) is 0 Å². The highest BCUT2D eigenvalue weighted by atomic mass is 32.2. The van der Waals surface area contributed by atoms with Gasteiger partial charge in [0.05, 0.1) is 11.7 Å². The summed E-state index contributed by atoms with van der Waals surface area (Å²) in [5.74, 6) is -0.375. The lowest BCUT2D eigenvalue weighted by Crippen LogP contribution is -2.40. The minimum absolute atomic E-state index is 0.0919. The molecule has 2 heterocycles. The lowest BCUT2D eigenvalue weighted by atomic mass is 10.1. The molecular weight excluding hydrogens is 446 g/mol. The Hall–Kier alpha value is -3.09. The van der Waals surface area contributed by atoms with Gasteiger partial charge in [-0.3, -0.25) is 9.59 Å². The van der Waals surface area contributed by atoms with Gasteiger partial charge in [-0.05, 0) is 37.3 Å². The van der Waals surface area contributed by atoms with Crippen LogP contribution in [0.25, 0.3) is 11.0 Å². The van der Waals surface area contributed by atoms with Crippen molar-refractivity contribution in [2.45, 2.75) is 17.9 Å². The normalized spacial score (nSPS) is 14.2. The lowest BCUT2D eigenvalue weighted by Gasteiger charge is -2.18. The van der Waals surface area contributed by atoms with Gasteiger partial charge in [0.2, 0.25) is 10.0 Å². The monoisotopic (exact) mass is 463 g/mol. The maximum absolute atomic E-state index is 12.7. The Kier molecular flexibility index (Phi) is 5.85. The molecule has 162 valence electrons. The first-order valence-corrected chi connectivity index (χ1v) is 11.4. The average molecular weight is 463 g/mol. The number of aromatic nitrogens is 2. The Bertz CT molecular complexity index is 1260. The van der Waals surface area contributed by atoms with Crippen LogP contribution in [0.15, 0.2) is 41.3 Å². The molecule has 0 fully saturated rings. The molecule has 0 radical (unpaired) electrons. The van der Waals surface area contributed by atoms with E-state index in [0.717, 1.165) is 11.7 Å². The SMILES string of the molecule is C[C@H](NS(=O)(=O)c1cccc2nsnc12)C(=O)OCC(=O)c1ccc2c(c1)OCCO2. The lowest BCUT2D eigenvalue weighted by molar-refractivity contribution is -0.144. The molecule has 0 saturated carbocycles. The molecule has 1 N–H and O–H groups in total. The van der Waals surface area contributed by atoms with Crippen LogP contribution in [0.2, 0.25) is 0 Å². The number of ketones is 1. The second-order valence-electron chi connectivity index (χ2n) is 6.62. The van der Waals surface area contributed by atoms with Crippen LogP contribution in [-0.2, 0) is 19.6 Å². The smallest absolute Gasteiger partial charge is 0.324 e. The maximum Gasteiger partial charge on any atom is 0.324 e. The van der Waals surface area contributed by atoms with Crippen LogP contribution in [0, 0.1) is 0 Å². The number of carbonyl (C=O) groups is 2. The molecule has 12 heteroatoms. The van der Waals surface area contributed by atoms with E-state index in [-0.39, 0.29) is 16.0 Å². The summed E-state index contributed by atoms with van der Waals surface area (Å²) in [7, 11) is -4.06. The van der Waals surface area contributed by atoms with E-state index in [1.807, 2.05) is 0 Å². The van der Waals surface area contributed by atoms with Crippen LogP contribution in [0.5, 0.6) is 11.5 Å². The maximum atomic E-state index is 12.7. The van der Waals surface area contributed by atoms with Gasteiger partial charge >= 0.3 is 5.97 Å². The third-order valence-corrected chi connectivity index (χ3v) is 6.55. The minimum Gasteiger partial charge on any atom is -0.486 e. The first-order valence-electron chi connectivity index (χ1n) is 9.18. The Morgan fingerprint density at radius 1 is 1.16 bits per heavy atom. The fourth-order valence-corrected chi connectivity index (χ4v) is 4.86. The zero-order chi connectivity index (χ0) is 22.0. The van der Waals surface area contributed by atoms with Gasteiger partial charge in [0, 0.05) is 5.56 Å². The molecular formula is C19H17N3O7S2. The Balaban J connectivity index is 1.38. The zero-order valence-corrected chi connectivity index (χ0v) is 17.9. The number of sulfonamides is 1. The standard InChI is InChI=1S/C19H17N3O7S2/c1-11(22-31(25,26)17-4-2-3-13-18(17)21-30-20-13)19(24)29-10-14(23)12-5-6-15-16(9-12)28-8-7-27-15/h2-6,9,11,22H,7-8,10H2,1H3/t11-/m0/s1. The number of Topliss-reactive ketones (excluding diaryl/α,β-unsaturated/α-hetero) is 1. The fourth-order valence-electron chi connectivity index (χ4n) is 2.90. The van der Waals surface area contributed by atoms with E-state index in [0.29, 0.717) is 30.2 Å². The highest BCUT2D eigenvalue weighted by molar-refractivity contribution is 7.89. The van der Waals surface area contributed by atoms with Crippen molar-refractivity contribution in [3.05, 3.63) is 42.0 Å². The van der Waals surface area contributed by atoms with Crippen LogP contribution < -0.4 is 14.2 Å². The van der Waals surface area contributed by atoms with Crippen molar-refractivity contribution in [3.63, 3.8) is 0 Å². The molecule has 0 amide bonds. The van der Waals surface area contributed by atoms with Crippen molar-refractivity contribution in [3.8, 4) is 11.5 Å². The van der Waals surface area contributed by atoms with Crippen LogP contribution in [0.1, 0.15) is 17.3 Å². The van der Waals surface area contributed by atoms with Crippen LogP contribution in [0.4, 0.5) is 0 Å². The number of nitrogens with one attached hydrogen (secondary N) is 1. The first kappa shape index (κ1) is 21.2. The second-order valence-corrected chi connectivity index (χ2v) is 8.83. The number of fused-ring (bicyclic) bond motifs is 2. The molecule has 1 atom stereocenters. The predicted octanol–water partition coefficient (Wildman–Crippen LogP) is 1.56. The molecule has 0 spiro atoms. The predicted molar refractivity (Wildman–Crippen MR) is 110 cm³/mol. The summed E-state index contributed by atoms with van der Waals surface area (Å²) in [5.41, 5.74) is 0.940. The van der Waals surface area contributed by atoms with E-state index < -0.39 is 34.4 Å². The number of benzene rings is 2. The third-order valence-electron chi connectivity index (χ3n) is 4.43. The molecule has 0 saturated heterocycles. The van der Waals surface area contributed by atoms with Crippen LogP contribution >= 0.6 is 11.7 Å². The highest BCUT2D eigenvalue weighted by Gasteiger charge is 2.26. The largest absolute Gasteiger partial charge is 0.486 e. The van der Waals surface area contributed by atoms with Gasteiger partial charge in [0.1, 0.15) is 35.2 Å². The average Bonchev–Trinajstić information content (AvgIpc) is 3.25. The number of hydrogen-bond acceptors (Lipinski definition) is 10. The molecule has 1 aliphatic rings. The summed E-state index contributed by atoms with van der Waals surface area (Å²) in [6.45, 7) is 1.59. The van der Waals surface area contributed by atoms with Crippen molar-refractivity contribution in [2.75, 3.05) is 19.8 Å². The first-order chi connectivity index (χ1) is 14.8. The summed E-state index contributed by atoms with van der Waals surface area (Å²) >= 11 is 0.888. The number of rotatable bonds is 7. The summed E-state index contributed by atoms with van der Waals surface area (Å²) in [6.07, 6.45) is 0. The van der Waals surface area contributed by atoms with E-state index in [1.165, 1.54) is 25.1 Å². The van der Waals surface area contributed by atoms with Crippen LogP contribution in [0.3, 0.4) is 0 Å². The van der Waals surface area contributed by atoms with Gasteiger partial charge in [-0.15, -0.1) is 0 Å². The van der Waals surface area contributed by atoms with Gasteiger partial charge in [-0.25, -0.2) is 8.42 Å². The van der Waals surface area contributed by atoms with E-state index >= 15 is 0 Å². The van der Waals surface area contributed by atoms with Crippen molar-refractivity contribution in [1.29, 1.82) is 0 Å². The molecule has 10 nitrogen and oxygen atoms in total. The molecule has 4 rings (SSSR count). The van der Waals surface area contributed by atoms with Crippen molar-refractivity contribution in [2.24, 2.45) is 0 Å². The summed E-state index contributed by atoms with van der Waals surface area (Å²) in [5, 5.41) is 0. The molecule has 2 aromatic carbocycles. The Morgan fingerprint density at radius 2 is 1.94 bits per heavy atom. The molecule has 0 aliphatic carbocycles. The Labute approximate surface area is 181 Å². The molecule has 0 unspecified atom stereocenters. The van der Waals surface area contributed by atoms with Crippen molar-refractivity contribution in [1.82, 2.24) is 13.5 Å². The molecule has 3 aromatic rings. The summed E-state index contributed by atoms with van der Waals surface area (Å²) in [4.78, 5) is 24.5. The van der Waals surface area contributed by atoms with Crippen molar-refractivity contribution >= 4 is 44.5 Å². The second kappa shape index (κ2) is 8.57. The topological polar surface area (TPSA) is 134 Å². The van der Waals surface area contributed by atoms with Gasteiger partial charge < -0.3 is 14.2 Å². The summed E-state index contributed by atoms with van der Waals surface area (Å²) in [6, 6.07) is 7.98. The highest BCUT2D eigenvalue weighted by Crippen LogP contribution is 2.30. The van der Waals surface area contributed by atoms with Gasteiger partial charge in [-0.1, -0.05) is 6.07 Å². The summed E-state index contributed by atoms with van der Waals surface area (Å²) < 4.78 is 51.4. The number of esters is 1. The fraction of sp³-hybridized carbons (Fsp3) is 0.263. The van der Waals surface area contributed by atoms with Crippen molar-refractivity contribution < 1.29 is 32.2 Å². The molecule has 31 heavy (non-hydrogen) atoms. The minimum atomic E-state index is -4.06. The molecule has 1 aromatic heterocycles. The van der Waals surface area contributed by atoms with E-state index in [9.17, 15) is 18.0 Å². The van der Waals surface area contributed by atoms with Crippen LogP contribution in [-0.4, -0.2) is 54.8 Å². The van der Waals surface area contributed by atoms with Gasteiger partial charge in [0.15, 0.2) is 23.9 Å². The third kappa shape index (κ3) is 4.50. The van der Waals surface area contributed by atoms with E-state index in [2.05, 4.69) is 13.5 Å². The van der Waals surface area contributed by atoms with E-state index in [1.54, 1.807) is 18.2 Å². The number of carbonyl (C=O) groups excluding carboxylic acids is 2. The Morgan fingerprint density at radius 3 is 2.74 bits per heavy atom. The quantitative estimate of drug-likeness (QED) is 0.409. The number of nitrogens with zero attached hydrogens (tertiary/aromatic N) is 2. The zero-order valence-electron chi connectivity index (χ0n) is 16.2. The number of hydrogen-bond donors (Lipinski definition) is 1.